The zero-order chi connectivity index (χ0) is 48.0. The lowest BCUT2D eigenvalue weighted by Gasteiger charge is -2.42. The fraction of sp³-hybridized carbons (Fsp3) is 0.200. The molecule has 1 heterocycles. The van der Waals surface area contributed by atoms with Crippen LogP contribution in [0.4, 0.5) is 4.79 Å². The summed E-state index contributed by atoms with van der Waals surface area (Å²) >= 11 is 0. The molecule has 1 atom stereocenters. The highest BCUT2D eigenvalue weighted by atomic mass is 16.5. The van der Waals surface area contributed by atoms with E-state index >= 15 is 4.79 Å². The van der Waals surface area contributed by atoms with Crippen LogP contribution in [0.3, 0.4) is 0 Å². The van der Waals surface area contributed by atoms with Gasteiger partial charge in [-0.3, -0.25) is 9.59 Å². The van der Waals surface area contributed by atoms with E-state index in [1.807, 2.05) is 164 Å². The van der Waals surface area contributed by atoms with Crippen LogP contribution in [0.5, 0.6) is 5.75 Å². The lowest BCUT2D eigenvalue weighted by molar-refractivity contribution is -0.138. The van der Waals surface area contributed by atoms with Gasteiger partial charge in [-0.25, -0.2) is 9.78 Å². The Kier molecular flexibility index (Phi) is 14.9. The minimum absolute atomic E-state index is 0.00220. The zero-order valence-corrected chi connectivity index (χ0v) is 39.1. The largest absolute Gasteiger partial charge is 0.489 e. The number of rotatable bonds is 20. The average Bonchev–Trinajstić information content (AvgIpc) is 3.87. The topological polar surface area (TPSA) is 115 Å². The van der Waals surface area contributed by atoms with Gasteiger partial charge in [-0.15, -0.1) is 0 Å². The molecule has 9 rings (SSSR count). The summed E-state index contributed by atoms with van der Waals surface area (Å²) in [7, 11) is 0. The van der Waals surface area contributed by atoms with E-state index in [1.54, 1.807) is 6.33 Å². The molecule has 352 valence electrons. The maximum atomic E-state index is 15.3. The summed E-state index contributed by atoms with van der Waals surface area (Å²) in [6.07, 6.45) is 5.96. The molecule has 10 nitrogen and oxygen atoms in total. The number of carbonyl (C=O) groups is 3. The Morgan fingerprint density at radius 3 is 1.67 bits per heavy atom. The smallest absolute Gasteiger partial charge is 0.408 e. The van der Waals surface area contributed by atoms with Gasteiger partial charge in [0.05, 0.1) is 18.6 Å². The summed E-state index contributed by atoms with van der Waals surface area (Å²) in [6, 6.07) is 66.7. The Bertz CT molecular complexity index is 2820. The maximum Gasteiger partial charge on any atom is 0.408 e. The molecular formula is C60H57N5O5. The summed E-state index contributed by atoms with van der Waals surface area (Å²) in [5.74, 6) is -0.0946. The van der Waals surface area contributed by atoms with E-state index in [-0.39, 0.29) is 37.4 Å². The predicted octanol–water partition coefficient (Wildman–Crippen LogP) is 10.4. The number of hydrogen-bond acceptors (Lipinski definition) is 6. The number of aromatic nitrogens is 2. The number of nitrogens with one attached hydrogen (secondary N) is 2. The fourth-order valence-corrected chi connectivity index (χ4v) is 9.50. The van der Waals surface area contributed by atoms with Crippen molar-refractivity contribution in [1.29, 1.82) is 0 Å². The van der Waals surface area contributed by atoms with Gasteiger partial charge in [0.2, 0.25) is 11.8 Å². The van der Waals surface area contributed by atoms with E-state index in [0.29, 0.717) is 24.6 Å². The molecule has 1 aliphatic rings. The summed E-state index contributed by atoms with van der Waals surface area (Å²) in [4.78, 5) is 49.7. The van der Waals surface area contributed by atoms with Gasteiger partial charge in [0.15, 0.2) is 0 Å². The van der Waals surface area contributed by atoms with Gasteiger partial charge >= 0.3 is 6.09 Å². The predicted molar refractivity (Wildman–Crippen MR) is 272 cm³/mol. The van der Waals surface area contributed by atoms with Gasteiger partial charge in [-0.2, -0.15) is 0 Å². The monoisotopic (exact) mass is 927 g/mol. The Labute approximate surface area is 410 Å². The molecule has 0 unspecified atom stereocenters. The van der Waals surface area contributed by atoms with Crippen LogP contribution in [0.15, 0.2) is 219 Å². The first-order valence-electron chi connectivity index (χ1n) is 23.9. The quantitative estimate of drug-likeness (QED) is 0.0736. The molecule has 1 saturated carbocycles. The van der Waals surface area contributed by atoms with E-state index in [0.717, 1.165) is 52.6 Å². The first kappa shape index (κ1) is 46.9. The molecule has 0 spiro atoms. The van der Waals surface area contributed by atoms with Crippen molar-refractivity contribution in [3.05, 3.63) is 263 Å². The number of amides is 3. The van der Waals surface area contributed by atoms with Gasteiger partial charge in [-0.05, 0) is 63.9 Å². The molecule has 8 aromatic rings. The van der Waals surface area contributed by atoms with Crippen molar-refractivity contribution in [1.82, 2.24) is 25.1 Å². The van der Waals surface area contributed by atoms with Crippen molar-refractivity contribution in [3.63, 3.8) is 0 Å². The fourth-order valence-electron chi connectivity index (χ4n) is 9.50. The number of hydrogen-bond donors (Lipinski definition) is 2. The van der Waals surface area contributed by atoms with E-state index < -0.39 is 23.6 Å². The average molecular weight is 928 g/mol. The molecule has 0 radical (unpaired) electrons. The summed E-state index contributed by atoms with van der Waals surface area (Å²) in [5.41, 5.74) is 6.38. The zero-order valence-electron chi connectivity index (χ0n) is 39.1. The summed E-state index contributed by atoms with van der Waals surface area (Å²) < 4.78 is 13.9. The lowest BCUT2D eigenvalue weighted by Crippen LogP contribution is -2.53. The number of ether oxygens (including phenoxy) is 2. The number of nitrogens with zero attached hydrogens (tertiary/aromatic N) is 3. The Morgan fingerprint density at radius 1 is 0.629 bits per heavy atom. The molecule has 2 N–H and O–H groups in total. The van der Waals surface area contributed by atoms with Gasteiger partial charge in [0.25, 0.3) is 0 Å². The van der Waals surface area contributed by atoms with Crippen molar-refractivity contribution >= 4 is 17.9 Å². The second-order valence-corrected chi connectivity index (χ2v) is 17.9. The SMILES string of the molecule is O=C(CN(Cc1ccc(OCc2ccccc2)cc1)C(=O)[C@H](Cc1cn(C(c2ccccc2)(c2ccccc2)c2ccccc2)cn1)NC(=O)OCc1ccccc1)NCC1(c2ccccc2)CCC1. The highest BCUT2D eigenvalue weighted by molar-refractivity contribution is 5.90. The first-order chi connectivity index (χ1) is 34.4. The first-order valence-corrected chi connectivity index (χ1v) is 23.9. The molecule has 70 heavy (non-hydrogen) atoms. The third-order valence-electron chi connectivity index (χ3n) is 13.3. The molecule has 0 saturated heterocycles. The number of carbonyl (C=O) groups excluding carboxylic acids is 3. The van der Waals surface area contributed by atoms with Crippen LogP contribution in [-0.4, -0.2) is 51.5 Å². The summed E-state index contributed by atoms with van der Waals surface area (Å²) in [5, 5.41) is 6.09. The molecule has 1 aliphatic carbocycles. The lowest BCUT2D eigenvalue weighted by atomic mass is 9.64. The maximum absolute atomic E-state index is 15.3. The molecule has 10 heteroatoms. The number of alkyl carbamates (subject to hydrolysis) is 1. The number of benzene rings is 7. The minimum Gasteiger partial charge on any atom is -0.489 e. The van der Waals surface area contributed by atoms with Crippen LogP contribution in [-0.2, 0) is 51.5 Å². The van der Waals surface area contributed by atoms with Crippen LogP contribution < -0.4 is 15.4 Å². The van der Waals surface area contributed by atoms with Gasteiger partial charge in [0, 0.05) is 31.1 Å². The van der Waals surface area contributed by atoms with Crippen molar-refractivity contribution < 1.29 is 23.9 Å². The highest BCUT2D eigenvalue weighted by Gasteiger charge is 2.40. The van der Waals surface area contributed by atoms with Crippen LogP contribution in [0.25, 0.3) is 0 Å². The van der Waals surface area contributed by atoms with Crippen molar-refractivity contribution in [2.24, 2.45) is 0 Å². The highest BCUT2D eigenvalue weighted by Crippen LogP contribution is 2.43. The van der Waals surface area contributed by atoms with Crippen LogP contribution >= 0.6 is 0 Å². The van der Waals surface area contributed by atoms with Gasteiger partial charge in [-0.1, -0.05) is 201 Å². The third-order valence-corrected chi connectivity index (χ3v) is 13.3. The molecule has 1 fully saturated rings. The van der Waals surface area contributed by atoms with Crippen molar-refractivity contribution in [2.75, 3.05) is 13.1 Å². The standard InChI is InChI=1S/C60H57N5O5/c66-56(61-44-59(36-19-37-59)49-24-11-3-12-25-49)41-64(39-46-32-34-54(35-33-46)69-42-47-20-7-1-8-21-47)57(67)55(63-58(68)70-43-48-22-9-2-10-23-48)38-53-40-65(45-62-53)60(50-26-13-4-14-27-50,51-28-15-5-16-29-51)52-30-17-6-18-31-52/h1-18,20-35,40,45,55H,19,36-39,41-44H2,(H,61,66)(H,63,68)/t55-/m0/s1. The Morgan fingerprint density at radius 2 is 1.14 bits per heavy atom. The van der Waals surface area contributed by atoms with Crippen LogP contribution in [0.1, 0.15) is 63.9 Å². The second-order valence-electron chi connectivity index (χ2n) is 17.9. The Balaban J connectivity index is 1.03. The molecular weight excluding hydrogens is 871 g/mol. The van der Waals surface area contributed by atoms with Crippen molar-refractivity contribution in [2.45, 2.75) is 62.4 Å². The van der Waals surface area contributed by atoms with E-state index in [9.17, 15) is 9.59 Å². The number of imidazole rings is 1. The molecule has 1 aromatic heterocycles. The Hall–Kier alpha value is -8.24. The third kappa shape index (κ3) is 11.0. The van der Waals surface area contributed by atoms with E-state index in [4.69, 9.17) is 14.5 Å². The second kappa shape index (κ2) is 22.2. The van der Waals surface area contributed by atoms with E-state index in [2.05, 4.69) is 63.7 Å². The molecule has 0 aliphatic heterocycles. The van der Waals surface area contributed by atoms with E-state index in [1.165, 1.54) is 10.5 Å². The molecule has 7 aromatic carbocycles. The molecule has 0 bridgehead atoms. The minimum atomic E-state index is -1.17. The molecule has 3 amide bonds. The van der Waals surface area contributed by atoms with Gasteiger partial charge in [0.1, 0.15) is 30.5 Å². The summed E-state index contributed by atoms with van der Waals surface area (Å²) in [6.45, 7) is 0.689. The van der Waals surface area contributed by atoms with Crippen LogP contribution in [0.2, 0.25) is 0 Å². The van der Waals surface area contributed by atoms with Crippen molar-refractivity contribution in [3.8, 4) is 5.75 Å². The van der Waals surface area contributed by atoms with Crippen LogP contribution in [0, 0.1) is 0 Å². The normalized spacial score (nSPS) is 13.3. The van der Waals surface area contributed by atoms with Gasteiger partial charge < -0.3 is 29.6 Å².